The van der Waals surface area contributed by atoms with Gasteiger partial charge in [-0.1, -0.05) is 20.8 Å². The average Bonchev–Trinajstić information content (AvgIpc) is 2.52. The summed E-state index contributed by atoms with van der Waals surface area (Å²) in [7, 11) is 0. The van der Waals surface area contributed by atoms with Crippen LogP contribution in [0.1, 0.15) is 38.8 Å². The van der Waals surface area contributed by atoms with Crippen LogP contribution in [0.4, 0.5) is 0 Å². The first-order chi connectivity index (χ1) is 6.63. The van der Waals surface area contributed by atoms with Crippen molar-refractivity contribution in [3.05, 3.63) is 18.0 Å². The van der Waals surface area contributed by atoms with Crippen LogP contribution in [0.2, 0.25) is 0 Å². The van der Waals surface area contributed by atoms with E-state index in [9.17, 15) is 0 Å². The van der Waals surface area contributed by atoms with Gasteiger partial charge >= 0.3 is 0 Å². The summed E-state index contributed by atoms with van der Waals surface area (Å²) >= 11 is 0. The molecule has 0 radical (unpaired) electrons. The van der Waals surface area contributed by atoms with E-state index < -0.39 is 0 Å². The van der Waals surface area contributed by atoms with Crippen molar-refractivity contribution in [2.24, 2.45) is 11.7 Å². The lowest BCUT2D eigenvalue weighted by Gasteiger charge is -2.07. The van der Waals surface area contributed by atoms with Crippen LogP contribution in [0.15, 0.2) is 12.3 Å². The summed E-state index contributed by atoms with van der Waals surface area (Å²) in [5.74, 6) is 1.13. The van der Waals surface area contributed by atoms with Gasteiger partial charge in [0.1, 0.15) is 0 Å². The second-order valence-electron chi connectivity index (χ2n) is 4.33. The molecule has 0 amide bonds. The Balaban J connectivity index is 2.58. The number of aromatic nitrogens is 2. The fourth-order valence-electron chi connectivity index (χ4n) is 1.51. The van der Waals surface area contributed by atoms with Gasteiger partial charge in [-0.05, 0) is 24.9 Å². The van der Waals surface area contributed by atoms with E-state index in [-0.39, 0.29) is 0 Å². The molecule has 1 aromatic rings. The molecule has 80 valence electrons. The lowest BCUT2D eigenvalue weighted by Crippen LogP contribution is -2.08. The topological polar surface area (TPSA) is 43.8 Å². The first-order valence-electron chi connectivity index (χ1n) is 5.37. The fraction of sp³-hybridized carbons (Fsp3) is 0.727. The van der Waals surface area contributed by atoms with E-state index in [1.165, 1.54) is 0 Å². The van der Waals surface area contributed by atoms with Gasteiger partial charge in [-0.25, -0.2) is 0 Å². The minimum Gasteiger partial charge on any atom is -0.330 e. The van der Waals surface area contributed by atoms with E-state index in [4.69, 9.17) is 5.73 Å². The summed E-state index contributed by atoms with van der Waals surface area (Å²) in [5.41, 5.74) is 6.68. The van der Waals surface area contributed by atoms with Crippen LogP contribution in [0, 0.1) is 5.92 Å². The molecule has 0 bridgehead atoms. The van der Waals surface area contributed by atoms with Crippen molar-refractivity contribution in [2.45, 2.75) is 39.7 Å². The Morgan fingerprint density at radius 1 is 1.43 bits per heavy atom. The monoisotopic (exact) mass is 195 g/mol. The van der Waals surface area contributed by atoms with E-state index >= 15 is 0 Å². The third-order valence-electron chi connectivity index (χ3n) is 2.32. The van der Waals surface area contributed by atoms with Crippen LogP contribution in [0.5, 0.6) is 0 Å². The number of rotatable bonds is 5. The van der Waals surface area contributed by atoms with Gasteiger partial charge in [0.25, 0.3) is 0 Å². The van der Waals surface area contributed by atoms with Gasteiger partial charge in [0.2, 0.25) is 0 Å². The molecule has 1 unspecified atom stereocenters. The molecule has 1 heterocycles. The molecule has 2 N–H and O–H groups in total. The second-order valence-corrected chi connectivity index (χ2v) is 4.33. The van der Waals surface area contributed by atoms with Crippen LogP contribution in [0.3, 0.4) is 0 Å². The van der Waals surface area contributed by atoms with Crippen molar-refractivity contribution in [2.75, 3.05) is 6.54 Å². The van der Waals surface area contributed by atoms with Crippen molar-refractivity contribution in [3.63, 3.8) is 0 Å². The molecule has 1 aromatic heterocycles. The number of hydrogen-bond acceptors (Lipinski definition) is 2. The number of nitrogens with zero attached hydrogens (tertiary/aromatic N) is 2. The molecule has 3 heteroatoms. The summed E-state index contributed by atoms with van der Waals surface area (Å²) in [6.07, 6.45) is 3.07. The van der Waals surface area contributed by atoms with Crippen LogP contribution >= 0.6 is 0 Å². The molecule has 0 aliphatic rings. The fourth-order valence-corrected chi connectivity index (χ4v) is 1.51. The quantitative estimate of drug-likeness (QED) is 0.781. The molecule has 0 saturated heterocycles. The predicted octanol–water partition coefficient (Wildman–Crippen LogP) is 1.99. The molecular formula is C11H21N3. The molecule has 14 heavy (non-hydrogen) atoms. The van der Waals surface area contributed by atoms with Crippen LogP contribution in [-0.4, -0.2) is 16.3 Å². The lowest BCUT2D eigenvalue weighted by atomic mass is 10.1. The Morgan fingerprint density at radius 2 is 2.14 bits per heavy atom. The molecule has 0 aromatic carbocycles. The highest BCUT2D eigenvalue weighted by atomic mass is 15.3. The molecule has 0 aliphatic heterocycles. The lowest BCUT2D eigenvalue weighted by molar-refractivity contribution is 0.475. The first kappa shape index (κ1) is 11.2. The zero-order chi connectivity index (χ0) is 10.6. The van der Waals surface area contributed by atoms with Crippen molar-refractivity contribution in [1.29, 1.82) is 0 Å². The minimum atomic E-state index is 0.480. The molecule has 1 rings (SSSR count). The van der Waals surface area contributed by atoms with Gasteiger partial charge in [-0.2, -0.15) is 5.10 Å². The minimum absolute atomic E-state index is 0.480. The van der Waals surface area contributed by atoms with Crippen LogP contribution in [-0.2, 0) is 6.54 Å². The largest absolute Gasteiger partial charge is 0.330 e. The smallest absolute Gasteiger partial charge is 0.0653 e. The molecule has 0 aliphatic carbocycles. The van der Waals surface area contributed by atoms with Crippen molar-refractivity contribution in [3.8, 4) is 0 Å². The Bertz CT molecular complexity index is 265. The highest BCUT2D eigenvalue weighted by molar-refractivity contribution is 5.05. The summed E-state index contributed by atoms with van der Waals surface area (Å²) in [6.45, 7) is 8.30. The number of nitrogens with two attached hydrogens (primary N) is 1. The molecule has 3 nitrogen and oxygen atoms in total. The van der Waals surface area contributed by atoms with Gasteiger partial charge in [0, 0.05) is 18.7 Å². The van der Waals surface area contributed by atoms with E-state index in [0.717, 1.165) is 25.2 Å². The summed E-state index contributed by atoms with van der Waals surface area (Å²) in [6, 6.07) is 2.10. The van der Waals surface area contributed by atoms with Crippen LogP contribution < -0.4 is 5.73 Å². The second kappa shape index (κ2) is 5.15. The molecule has 1 atom stereocenters. The molecule has 0 saturated carbocycles. The van der Waals surface area contributed by atoms with E-state index in [1.807, 2.05) is 4.68 Å². The maximum atomic E-state index is 5.52. The zero-order valence-corrected chi connectivity index (χ0v) is 9.40. The predicted molar refractivity (Wildman–Crippen MR) is 59.2 cm³/mol. The molecule has 0 spiro atoms. The Hall–Kier alpha value is -0.830. The SMILES string of the molecule is CC(C)Cn1ccc(C(C)CCN)n1. The van der Waals surface area contributed by atoms with E-state index in [1.54, 1.807) is 0 Å². The first-order valence-corrected chi connectivity index (χ1v) is 5.37. The van der Waals surface area contributed by atoms with Gasteiger partial charge in [-0.3, -0.25) is 4.68 Å². The highest BCUT2D eigenvalue weighted by Gasteiger charge is 2.08. The third kappa shape index (κ3) is 3.14. The van der Waals surface area contributed by atoms with Gasteiger partial charge in [-0.15, -0.1) is 0 Å². The van der Waals surface area contributed by atoms with Gasteiger partial charge in [0.05, 0.1) is 5.69 Å². The molecular weight excluding hydrogens is 174 g/mol. The Labute approximate surface area is 86.3 Å². The maximum Gasteiger partial charge on any atom is 0.0653 e. The maximum absolute atomic E-state index is 5.52. The van der Waals surface area contributed by atoms with E-state index in [2.05, 4.69) is 38.1 Å². The average molecular weight is 195 g/mol. The van der Waals surface area contributed by atoms with Crippen molar-refractivity contribution >= 4 is 0 Å². The molecule has 0 fully saturated rings. The summed E-state index contributed by atoms with van der Waals surface area (Å²) < 4.78 is 2.02. The third-order valence-corrected chi connectivity index (χ3v) is 2.32. The summed E-state index contributed by atoms with van der Waals surface area (Å²) in [4.78, 5) is 0. The summed E-state index contributed by atoms with van der Waals surface area (Å²) in [5, 5.41) is 4.53. The standard InChI is InChI=1S/C11H21N3/c1-9(2)8-14-7-5-11(13-14)10(3)4-6-12/h5,7,9-10H,4,6,8,12H2,1-3H3. The normalized spacial score (nSPS) is 13.5. The highest BCUT2D eigenvalue weighted by Crippen LogP contribution is 2.15. The van der Waals surface area contributed by atoms with E-state index in [0.29, 0.717) is 11.8 Å². The number of hydrogen-bond donors (Lipinski definition) is 1. The Kier molecular flexibility index (Phi) is 4.14. The van der Waals surface area contributed by atoms with Crippen LogP contribution in [0.25, 0.3) is 0 Å². The Morgan fingerprint density at radius 3 is 2.71 bits per heavy atom. The van der Waals surface area contributed by atoms with Gasteiger partial charge in [0.15, 0.2) is 0 Å². The van der Waals surface area contributed by atoms with Gasteiger partial charge < -0.3 is 5.73 Å². The van der Waals surface area contributed by atoms with Crippen molar-refractivity contribution in [1.82, 2.24) is 9.78 Å². The van der Waals surface area contributed by atoms with Crippen molar-refractivity contribution < 1.29 is 0 Å². The zero-order valence-electron chi connectivity index (χ0n) is 9.40.